The molecule has 0 aliphatic carbocycles. The summed E-state index contributed by atoms with van der Waals surface area (Å²) in [5.74, 6) is -5.00. The fraction of sp³-hybridized carbons (Fsp3) is 0.200. The summed E-state index contributed by atoms with van der Waals surface area (Å²) in [6.45, 7) is -0.760. The van der Waals surface area contributed by atoms with Crippen molar-refractivity contribution in [1.82, 2.24) is 9.55 Å². The molecule has 1 heterocycles. The third kappa shape index (κ3) is 4.98. The second-order valence-corrected chi connectivity index (χ2v) is 6.37. The summed E-state index contributed by atoms with van der Waals surface area (Å²) in [5, 5.41) is 0. The SMILES string of the molecule is COC(=O)c1cn(Cc2ccc(OCc3ccc(C(F)(F)F)cc3F)c(F)c2F)cn1. The first-order chi connectivity index (χ1) is 14.6. The molecular weight excluding hydrogens is 430 g/mol. The Morgan fingerprint density at radius 3 is 2.42 bits per heavy atom. The Hall–Kier alpha value is -3.50. The summed E-state index contributed by atoms with van der Waals surface area (Å²) in [6, 6.07) is 4.14. The number of hydrogen-bond donors (Lipinski definition) is 0. The summed E-state index contributed by atoms with van der Waals surface area (Å²) in [4.78, 5) is 15.2. The number of halogens is 6. The molecule has 0 saturated heterocycles. The molecule has 0 fully saturated rings. The molecule has 3 rings (SSSR count). The summed E-state index contributed by atoms with van der Waals surface area (Å²) in [7, 11) is 1.17. The second-order valence-electron chi connectivity index (χ2n) is 6.37. The van der Waals surface area contributed by atoms with Gasteiger partial charge in [0.25, 0.3) is 0 Å². The van der Waals surface area contributed by atoms with Gasteiger partial charge in [-0.3, -0.25) is 0 Å². The number of carbonyl (C=O) groups is 1. The van der Waals surface area contributed by atoms with E-state index in [9.17, 15) is 31.1 Å². The predicted molar refractivity (Wildman–Crippen MR) is 94.8 cm³/mol. The predicted octanol–water partition coefficient (Wildman–Crippen LogP) is 4.73. The summed E-state index contributed by atoms with van der Waals surface area (Å²) >= 11 is 0. The number of rotatable bonds is 6. The van der Waals surface area contributed by atoms with Gasteiger partial charge in [-0.05, 0) is 18.2 Å². The van der Waals surface area contributed by atoms with Crippen LogP contribution in [-0.4, -0.2) is 22.6 Å². The van der Waals surface area contributed by atoms with Crippen molar-refractivity contribution in [3.05, 3.63) is 82.7 Å². The van der Waals surface area contributed by atoms with E-state index in [0.717, 1.165) is 12.1 Å². The lowest BCUT2D eigenvalue weighted by Crippen LogP contribution is -2.08. The van der Waals surface area contributed by atoms with Crippen LogP contribution in [0.15, 0.2) is 42.9 Å². The van der Waals surface area contributed by atoms with Crippen molar-refractivity contribution in [3.8, 4) is 5.75 Å². The van der Waals surface area contributed by atoms with E-state index in [-0.39, 0.29) is 23.4 Å². The second kappa shape index (κ2) is 8.70. The van der Waals surface area contributed by atoms with Crippen LogP contribution in [0.3, 0.4) is 0 Å². The van der Waals surface area contributed by atoms with Crippen LogP contribution in [0.25, 0.3) is 0 Å². The maximum Gasteiger partial charge on any atom is 0.416 e. The molecule has 11 heteroatoms. The number of esters is 1. The lowest BCUT2D eigenvalue weighted by molar-refractivity contribution is -0.137. The molecule has 0 aliphatic heterocycles. The number of hydrogen-bond acceptors (Lipinski definition) is 4. The molecule has 0 aliphatic rings. The molecular formula is C20H14F6N2O3. The number of nitrogens with zero attached hydrogens (tertiary/aromatic N) is 2. The van der Waals surface area contributed by atoms with E-state index in [4.69, 9.17) is 4.74 Å². The average Bonchev–Trinajstić information content (AvgIpc) is 3.19. The maximum absolute atomic E-state index is 14.4. The van der Waals surface area contributed by atoms with Gasteiger partial charge in [-0.1, -0.05) is 12.1 Å². The van der Waals surface area contributed by atoms with Gasteiger partial charge in [0.2, 0.25) is 5.82 Å². The number of alkyl halides is 3. The van der Waals surface area contributed by atoms with E-state index in [1.807, 2.05) is 0 Å². The summed E-state index contributed by atoms with van der Waals surface area (Å²) in [6.07, 6.45) is -2.18. The van der Waals surface area contributed by atoms with Crippen LogP contribution in [-0.2, 0) is 24.1 Å². The minimum Gasteiger partial charge on any atom is -0.486 e. The molecule has 0 bridgehead atoms. The highest BCUT2D eigenvalue weighted by Crippen LogP contribution is 2.31. The fourth-order valence-corrected chi connectivity index (χ4v) is 2.65. The van der Waals surface area contributed by atoms with Gasteiger partial charge in [-0.25, -0.2) is 18.6 Å². The van der Waals surface area contributed by atoms with Crippen molar-refractivity contribution in [2.75, 3.05) is 7.11 Å². The minimum absolute atomic E-state index is 0.0121. The first-order valence-corrected chi connectivity index (χ1v) is 8.65. The molecule has 3 aromatic rings. The van der Waals surface area contributed by atoms with Gasteiger partial charge in [0.15, 0.2) is 17.3 Å². The lowest BCUT2D eigenvalue weighted by Gasteiger charge is -2.12. The van der Waals surface area contributed by atoms with Crippen molar-refractivity contribution in [2.24, 2.45) is 0 Å². The van der Waals surface area contributed by atoms with E-state index >= 15 is 0 Å². The zero-order valence-electron chi connectivity index (χ0n) is 15.8. The highest BCUT2D eigenvalue weighted by molar-refractivity contribution is 5.86. The first kappa shape index (κ1) is 22.2. The van der Waals surface area contributed by atoms with Gasteiger partial charge >= 0.3 is 12.1 Å². The van der Waals surface area contributed by atoms with Crippen molar-refractivity contribution in [1.29, 1.82) is 0 Å². The van der Waals surface area contributed by atoms with Crippen LogP contribution < -0.4 is 4.74 Å². The molecule has 0 N–H and O–H groups in total. The topological polar surface area (TPSA) is 53.4 Å². The minimum atomic E-state index is -4.71. The Kier molecular flexibility index (Phi) is 6.23. The smallest absolute Gasteiger partial charge is 0.416 e. The number of benzene rings is 2. The normalized spacial score (nSPS) is 11.5. The van der Waals surface area contributed by atoms with E-state index < -0.39 is 47.5 Å². The third-order valence-corrected chi connectivity index (χ3v) is 4.27. The van der Waals surface area contributed by atoms with Gasteiger partial charge in [-0.2, -0.15) is 17.6 Å². The van der Waals surface area contributed by atoms with Crippen molar-refractivity contribution in [2.45, 2.75) is 19.3 Å². The quantitative estimate of drug-likeness (QED) is 0.408. The van der Waals surface area contributed by atoms with Crippen LogP contribution >= 0.6 is 0 Å². The zero-order valence-corrected chi connectivity index (χ0v) is 15.8. The maximum atomic E-state index is 14.4. The molecule has 0 spiro atoms. The van der Waals surface area contributed by atoms with Gasteiger partial charge in [0.05, 0.1) is 25.5 Å². The first-order valence-electron chi connectivity index (χ1n) is 8.65. The van der Waals surface area contributed by atoms with E-state index in [0.29, 0.717) is 12.1 Å². The Labute approximate surface area is 171 Å². The number of aromatic nitrogens is 2. The van der Waals surface area contributed by atoms with Gasteiger partial charge in [0.1, 0.15) is 12.4 Å². The third-order valence-electron chi connectivity index (χ3n) is 4.27. The molecule has 0 radical (unpaired) electrons. The molecule has 0 unspecified atom stereocenters. The zero-order chi connectivity index (χ0) is 22.8. The fourth-order valence-electron chi connectivity index (χ4n) is 2.65. The van der Waals surface area contributed by atoms with Gasteiger partial charge in [-0.15, -0.1) is 0 Å². The van der Waals surface area contributed by atoms with Gasteiger partial charge in [0, 0.05) is 17.3 Å². The number of imidazole rings is 1. The molecule has 5 nitrogen and oxygen atoms in total. The van der Waals surface area contributed by atoms with Crippen LogP contribution in [0.2, 0.25) is 0 Å². The Morgan fingerprint density at radius 1 is 1.06 bits per heavy atom. The largest absolute Gasteiger partial charge is 0.486 e. The van der Waals surface area contributed by atoms with Crippen LogP contribution in [0.1, 0.15) is 27.2 Å². The standard InChI is InChI=1S/C20H14F6N2O3/c1-30-19(29)15-8-28(10-27-15)7-11-3-5-16(18(23)17(11)22)31-9-12-2-4-13(6-14(12)21)20(24,25)26/h2-6,8,10H,7,9H2,1H3. The summed E-state index contributed by atoms with van der Waals surface area (Å²) in [5.41, 5.74) is -1.53. The Balaban J connectivity index is 1.72. The van der Waals surface area contributed by atoms with E-state index in [2.05, 4.69) is 9.72 Å². The van der Waals surface area contributed by atoms with Crippen LogP contribution in [0.4, 0.5) is 26.3 Å². The highest BCUT2D eigenvalue weighted by atomic mass is 19.4. The van der Waals surface area contributed by atoms with Gasteiger partial charge < -0.3 is 14.0 Å². The average molecular weight is 444 g/mol. The number of carbonyl (C=O) groups excluding carboxylic acids is 1. The van der Waals surface area contributed by atoms with Crippen molar-refractivity contribution < 1.29 is 40.6 Å². The molecule has 0 amide bonds. The van der Waals surface area contributed by atoms with Crippen molar-refractivity contribution in [3.63, 3.8) is 0 Å². The van der Waals surface area contributed by atoms with Crippen molar-refractivity contribution >= 4 is 5.97 Å². The van der Waals surface area contributed by atoms with E-state index in [1.54, 1.807) is 0 Å². The molecule has 2 aromatic carbocycles. The highest BCUT2D eigenvalue weighted by Gasteiger charge is 2.31. The molecule has 164 valence electrons. The Bertz CT molecular complexity index is 1110. The number of methoxy groups -OCH3 is 1. The monoisotopic (exact) mass is 444 g/mol. The van der Waals surface area contributed by atoms with Crippen LogP contribution in [0, 0.1) is 17.5 Å². The molecule has 1 aromatic heterocycles. The molecule has 0 saturated carbocycles. The lowest BCUT2D eigenvalue weighted by atomic mass is 10.1. The Morgan fingerprint density at radius 2 is 1.77 bits per heavy atom. The summed E-state index contributed by atoms with van der Waals surface area (Å²) < 4.78 is 91.2. The van der Waals surface area contributed by atoms with Crippen LogP contribution in [0.5, 0.6) is 5.75 Å². The molecule has 31 heavy (non-hydrogen) atoms. The molecule has 0 atom stereocenters. The number of ether oxygens (including phenoxy) is 2. The van der Waals surface area contributed by atoms with E-state index in [1.165, 1.54) is 30.3 Å².